The Morgan fingerprint density at radius 2 is 2.05 bits per heavy atom. The third-order valence-corrected chi connectivity index (χ3v) is 3.56. The Kier molecular flexibility index (Phi) is 2.51. The molecule has 2 aromatic heterocycles. The molecule has 3 rings (SSSR count). The van der Waals surface area contributed by atoms with Crippen LogP contribution in [0.1, 0.15) is 10.5 Å². The van der Waals surface area contributed by atoms with Crippen molar-refractivity contribution in [2.45, 2.75) is 0 Å². The molecule has 0 atom stereocenters. The largest absolute Gasteiger partial charge is 0.505 e. The van der Waals surface area contributed by atoms with Gasteiger partial charge in [0, 0.05) is 5.39 Å². The molecule has 1 aromatic carbocycles. The summed E-state index contributed by atoms with van der Waals surface area (Å²) in [4.78, 5) is 15.2. The number of benzene rings is 1. The monoisotopic (exact) mass is 297 g/mol. The predicted molar refractivity (Wildman–Crippen MR) is 69.1 cm³/mol. The number of rotatable bonds is 1. The van der Waals surface area contributed by atoms with Crippen LogP contribution in [0, 0.1) is 0 Å². The Morgan fingerprint density at radius 3 is 2.74 bits per heavy atom. The summed E-state index contributed by atoms with van der Waals surface area (Å²) in [5.41, 5.74) is -0.156. The highest BCUT2D eigenvalue weighted by Crippen LogP contribution is 2.38. The van der Waals surface area contributed by atoms with Crippen molar-refractivity contribution in [2.24, 2.45) is 0 Å². The SMILES string of the molecule is O=C(O)c1c(O)c2ccc(Cl)c(Cl)c2c2ncnn12. The van der Waals surface area contributed by atoms with E-state index in [4.69, 9.17) is 28.3 Å². The highest BCUT2D eigenvalue weighted by atomic mass is 35.5. The summed E-state index contributed by atoms with van der Waals surface area (Å²) in [6, 6.07) is 2.96. The van der Waals surface area contributed by atoms with Gasteiger partial charge in [0.25, 0.3) is 0 Å². The first-order valence-corrected chi connectivity index (χ1v) is 5.83. The zero-order chi connectivity index (χ0) is 13.7. The smallest absolute Gasteiger partial charge is 0.358 e. The second-order valence-corrected chi connectivity index (χ2v) is 4.57. The normalized spacial score (nSPS) is 11.3. The zero-order valence-corrected chi connectivity index (χ0v) is 10.6. The number of halogens is 2. The fourth-order valence-corrected chi connectivity index (χ4v) is 2.37. The van der Waals surface area contributed by atoms with Crippen molar-refractivity contribution >= 4 is 45.6 Å². The fraction of sp³-hybridized carbons (Fsp3) is 0. The van der Waals surface area contributed by atoms with Crippen LogP contribution in [-0.4, -0.2) is 30.8 Å². The Labute approximate surface area is 115 Å². The minimum atomic E-state index is -1.32. The molecule has 6 nitrogen and oxygen atoms in total. The van der Waals surface area contributed by atoms with Crippen molar-refractivity contribution in [1.29, 1.82) is 0 Å². The van der Waals surface area contributed by atoms with Gasteiger partial charge in [0.2, 0.25) is 0 Å². The van der Waals surface area contributed by atoms with Gasteiger partial charge in [-0.2, -0.15) is 5.10 Å². The van der Waals surface area contributed by atoms with Crippen LogP contribution in [0.3, 0.4) is 0 Å². The van der Waals surface area contributed by atoms with E-state index in [2.05, 4.69) is 10.1 Å². The van der Waals surface area contributed by atoms with E-state index in [1.807, 2.05) is 0 Å². The van der Waals surface area contributed by atoms with Crippen LogP contribution in [0.2, 0.25) is 10.0 Å². The maximum absolute atomic E-state index is 11.2. The van der Waals surface area contributed by atoms with Crippen LogP contribution < -0.4 is 0 Å². The molecule has 0 amide bonds. The maximum Gasteiger partial charge on any atom is 0.358 e. The first-order chi connectivity index (χ1) is 9.02. The lowest BCUT2D eigenvalue weighted by Gasteiger charge is -2.09. The van der Waals surface area contributed by atoms with E-state index < -0.39 is 11.7 Å². The Morgan fingerprint density at radius 1 is 1.32 bits per heavy atom. The number of nitrogens with zero attached hydrogens (tertiary/aromatic N) is 3. The van der Waals surface area contributed by atoms with Gasteiger partial charge in [-0.15, -0.1) is 0 Å². The Hall–Kier alpha value is -2.05. The summed E-state index contributed by atoms with van der Waals surface area (Å²) in [6.07, 6.45) is 1.18. The van der Waals surface area contributed by atoms with Gasteiger partial charge in [-0.1, -0.05) is 23.2 Å². The molecule has 8 heteroatoms. The number of carboxylic acid groups (broad SMARTS) is 1. The third-order valence-electron chi connectivity index (χ3n) is 2.76. The zero-order valence-electron chi connectivity index (χ0n) is 9.13. The first-order valence-electron chi connectivity index (χ1n) is 5.08. The molecule has 0 spiro atoms. The van der Waals surface area contributed by atoms with Gasteiger partial charge in [-0.05, 0) is 12.1 Å². The van der Waals surface area contributed by atoms with Crippen LogP contribution in [0.4, 0.5) is 0 Å². The van der Waals surface area contributed by atoms with Crippen molar-refractivity contribution in [1.82, 2.24) is 14.6 Å². The molecule has 19 heavy (non-hydrogen) atoms. The van der Waals surface area contributed by atoms with E-state index in [0.717, 1.165) is 4.52 Å². The molecule has 0 bridgehead atoms. The summed E-state index contributed by atoms with van der Waals surface area (Å²) < 4.78 is 1.02. The van der Waals surface area contributed by atoms with E-state index in [-0.39, 0.29) is 26.8 Å². The molecule has 0 fully saturated rings. The predicted octanol–water partition coefficient (Wildman–Crippen LogP) is 2.59. The molecular weight excluding hydrogens is 293 g/mol. The van der Waals surface area contributed by atoms with E-state index in [1.165, 1.54) is 18.5 Å². The van der Waals surface area contributed by atoms with Crippen molar-refractivity contribution in [3.63, 3.8) is 0 Å². The van der Waals surface area contributed by atoms with Gasteiger partial charge in [0.05, 0.1) is 15.4 Å². The van der Waals surface area contributed by atoms with Crippen LogP contribution in [0.5, 0.6) is 5.75 Å². The molecule has 0 radical (unpaired) electrons. The van der Waals surface area contributed by atoms with Gasteiger partial charge in [0.15, 0.2) is 17.1 Å². The van der Waals surface area contributed by atoms with Crippen LogP contribution in [-0.2, 0) is 0 Å². The third kappa shape index (κ3) is 1.54. The molecule has 0 aliphatic heterocycles. The number of aromatic carboxylic acids is 1. The quantitative estimate of drug-likeness (QED) is 0.721. The minimum Gasteiger partial charge on any atom is -0.505 e. The highest BCUT2D eigenvalue weighted by molar-refractivity contribution is 6.46. The van der Waals surface area contributed by atoms with Crippen LogP contribution in [0.15, 0.2) is 18.5 Å². The van der Waals surface area contributed by atoms with Crippen LogP contribution >= 0.6 is 23.2 Å². The van der Waals surface area contributed by atoms with Crippen molar-refractivity contribution < 1.29 is 15.0 Å². The van der Waals surface area contributed by atoms with Crippen molar-refractivity contribution in [3.8, 4) is 5.75 Å². The summed E-state index contributed by atoms with van der Waals surface area (Å²) >= 11 is 12.0. The maximum atomic E-state index is 11.2. The Balaban J connectivity index is 2.68. The lowest BCUT2D eigenvalue weighted by molar-refractivity contribution is 0.0684. The molecule has 0 aliphatic carbocycles. The molecule has 2 heterocycles. The van der Waals surface area contributed by atoms with E-state index in [9.17, 15) is 9.90 Å². The number of carboxylic acids is 1. The van der Waals surface area contributed by atoms with Gasteiger partial charge in [-0.25, -0.2) is 14.3 Å². The summed E-state index contributed by atoms with van der Waals surface area (Å²) in [6.45, 7) is 0. The summed E-state index contributed by atoms with van der Waals surface area (Å²) in [5.74, 6) is -1.75. The number of fused-ring (bicyclic) bond motifs is 3. The minimum absolute atomic E-state index is 0.185. The molecule has 0 aliphatic rings. The average molecular weight is 298 g/mol. The van der Waals surface area contributed by atoms with Crippen molar-refractivity contribution in [2.75, 3.05) is 0 Å². The van der Waals surface area contributed by atoms with E-state index in [1.54, 1.807) is 0 Å². The molecule has 96 valence electrons. The molecule has 0 saturated carbocycles. The number of aromatic hydroxyl groups is 1. The lowest BCUT2D eigenvalue weighted by atomic mass is 10.1. The topological polar surface area (TPSA) is 87.7 Å². The van der Waals surface area contributed by atoms with E-state index >= 15 is 0 Å². The average Bonchev–Trinajstić information content (AvgIpc) is 2.81. The number of carbonyl (C=O) groups is 1. The molecule has 0 unspecified atom stereocenters. The van der Waals surface area contributed by atoms with Gasteiger partial charge < -0.3 is 10.2 Å². The van der Waals surface area contributed by atoms with Crippen LogP contribution in [0.25, 0.3) is 16.4 Å². The van der Waals surface area contributed by atoms with Gasteiger partial charge in [0.1, 0.15) is 6.33 Å². The standard InChI is InChI=1S/C11H5Cl2N3O3/c12-5-2-1-4-6(7(5)13)10-14-3-15-16(10)8(9(4)17)11(18)19/h1-3,17H,(H,18,19). The molecular formula is C11H5Cl2N3O3. The van der Waals surface area contributed by atoms with Gasteiger partial charge >= 0.3 is 5.97 Å². The molecule has 0 saturated heterocycles. The number of hydrogen-bond acceptors (Lipinski definition) is 4. The number of aromatic nitrogens is 3. The number of hydrogen-bond donors (Lipinski definition) is 2. The highest BCUT2D eigenvalue weighted by Gasteiger charge is 2.22. The molecule has 3 aromatic rings. The second-order valence-electron chi connectivity index (χ2n) is 3.78. The lowest BCUT2D eigenvalue weighted by Crippen LogP contribution is -2.07. The fourth-order valence-electron chi connectivity index (χ4n) is 1.96. The Bertz CT molecular complexity index is 844. The van der Waals surface area contributed by atoms with Gasteiger partial charge in [-0.3, -0.25) is 0 Å². The molecule has 2 N–H and O–H groups in total. The van der Waals surface area contributed by atoms with Crippen molar-refractivity contribution in [3.05, 3.63) is 34.2 Å². The first kappa shape index (κ1) is 12.0. The second kappa shape index (κ2) is 3.97. The summed E-state index contributed by atoms with van der Waals surface area (Å²) in [7, 11) is 0. The van der Waals surface area contributed by atoms with E-state index in [0.29, 0.717) is 5.39 Å². The summed E-state index contributed by atoms with van der Waals surface area (Å²) in [5, 5.41) is 24.1. The number of pyridine rings is 1.